The molecule has 0 amide bonds. The molecule has 0 aromatic rings. The minimum absolute atomic E-state index is 0.0520. The maximum Gasteiger partial charge on any atom is 0.305 e. The molecule has 0 unspecified atom stereocenters. The molecule has 3 heteroatoms. The zero-order valence-electron chi connectivity index (χ0n) is 15.2. The fourth-order valence-corrected chi connectivity index (χ4v) is 2.61. The van der Waals surface area contributed by atoms with E-state index >= 15 is 0 Å². The van der Waals surface area contributed by atoms with E-state index in [1.54, 1.807) is 0 Å². The van der Waals surface area contributed by atoms with Gasteiger partial charge in [0.05, 0.1) is 6.61 Å². The van der Waals surface area contributed by atoms with Gasteiger partial charge in [-0.15, -0.1) is 0 Å². The van der Waals surface area contributed by atoms with Gasteiger partial charge in [-0.2, -0.15) is 0 Å². The van der Waals surface area contributed by atoms with Crippen molar-refractivity contribution in [3.63, 3.8) is 0 Å². The minimum Gasteiger partial charge on any atom is -0.466 e. The number of carbonyl (C=O) groups excluding carboxylic acids is 1. The largest absolute Gasteiger partial charge is 0.466 e. The second-order valence-electron chi connectivity index (χ2n) is 6.22. The van der Waals surface area contributed by atoms with Gasteiger partial charge in [-0.05, 0) is 45.4 Å². The lowest BCUT2D eigenvalue weighted by Gasteiger charge is -2.01. The first kappa shape index (κ1) is 22.2. The van der Waals surface area contributed by atoms with Crippen LogP contribution < -0.4 is 0 Å². The molecule has 0 fully saturated rings. The molecule has 0 aromatic carbocycles. The van der Waals surface area contributed by atoms with E-state index in [0.29, 0.717) is 19.6 Å². The number of aliphatic hydroxyl groups excluding tert-OH is 1. The smallest absolute Gasteiger partial charge is 0.305 e. The standard InChI is InChI=1S/C20H38O3/c1-2-23-20(22)18-16-14-12-10-8-6-4-3-5-7-9-11-13-15-17-19-21/h3-4,21H,2,5-19H2,1H3/b4-3-. The molecule has 0 saturated heterocycles. The van der Waals surface area contributed by atoms with Crippen molar-refractivity contribution in [1.29, 1.82) is 0 Å². The molecule has 3 nitrogen and oxygen atoms in total. The molecule has 0 aliphatic heterocycles. The average molecular weight is 327 g/mol. The van der Waals surface area contributed by atoms with Crippen LogP contribution in [0.1, 0.15) is 96.8 Å². The van der Waals surface area contributed by atoms with E-state index < -0.39 is 0 Å². The number of unbranched alkanes of at least 4 members (excludes halogenated alkanes) is 11. The highest BCUT2D eigenvalue weighted by Crippen LogP contribution is 2.10. The molecule has 136 valence electrons. The predicted molar refractivity (Wildman–Crippen MR) is 97.5 cm³/mol. The first-order valence-electron chi connectivity index (χ1n) is 9.72. The van der Waals surface area contributed by atoms with E-state index in [1.807, 2.05) is 6.92 Å². The number of carbonyl (C=O) groups is 1. The van der Waals surface area contributed by atoms with Crippen LogP contribution in [0.15, 0.2) is 12.2 Å². The minimum atomic E-state index is -0.0520. The highest BCUT2D eigenvalue weighted by Gasteiger charge is 2.00. The fraction of sp³-hybridized carbons (Fsp3) is 0.850. The Balaban J connectivity index is 3.12. The number of esters is 1. The Bertz CT molecular complexity index is 274. The second-order valence-corrected chi connectivity index (χ2v) is 6.22. The van der Waals surface area contributed by atoms with Gasteiger partial charge in [-0.1, -0.05) is 57.1 Å². The molecule has 0 aromatic heterocycles. The molecule has 0 atom stereocenters. The van der Waals surface area contributed by atoms with Crippen molar-refractivity contribution in [2.45, 2.75) is 96.8 Å². The summed E-state index contributed by atoms with van der Waals surface area (Å²) in [5.41, 5.74) is 0. The third kappa shape index (κ3) is 19.1. The number of hydrogen-bond donors (Lipinski definition) is 1. The SMILES string of the molecule is CCOC(=O)CCCCCCC/C=C\CCCCCCCCO. The molecular weight excluding hydrogens is 288 g/mol. The molecule has 0 rings (SSSR count). The van der Waals surface area contributed by atoms with Gasteiger partial charge >= 0.3 is 5.97 Å². The summed E-state index contributed by atoms with van der Waals surface area (Å²) in [5.74, 6) is -0.0520. The van der Waals surface area contributed by atoms with Crippen LogP contribution in [0.3, 0.4) is 0 Å². The van der Waals surface area contributed by atoms with Crippen LogP contribution in [0, 0.1) is 0 Å². The Labute approximate surface area is 143 Å². The molecule has 0 aliphatic carbocycles. The van der Waals surface area contributed by atoms with E-state index in [4.69, 9.17) is 9.84 Å². The van der Waals surface area contributed by atoms with Crippen molar-refractivity contribution < 1.29 is 14.6 Å². The van der Waals surface area contributed by atoms with Crippen molar-refractivity contribution in [1.82, 2.24) is 0 Å². The normalized spacial score (nSPS) is 11.2. The van der Waals surface area contributed by atoms with Crippen LogP contribution >= 0.6 is 0 Å². The summed E-state index contributed by atoms with van der Waals surface area (Å²) in [7, 11) is 0. The topological polar surface area (TPSA) is 46.5 Å². The summed E-state index contributed by atoms with van der Waals surface area (Å²) < 4.78 is 4.91. The first-order valence-corrected chi connectivity index (χ1v) is 9.72. The molecule has 1 N–H and O–H groups in total. The van der Waals surface area contributed by atoms with Gasteiger partial charge in [-0.25, -0.2) is 0 Å². The van der Waals surface area contributed by atoms with Crippen LogP contribution in [0.4, 0.5) is 0 Å². The fourth-order valence-electron chi connectivity index (χ4n) is 2.61. The molecule has 0 radical (unpaired) electrons. The zero-order chi connectivity index (χ0) is 17.0. The van der Waals surface area contributed by atoms with Gasteiger partial charge < -0.3 is 9.84 Å². The van der Waals surface area contributed by atoms with Crippen LogP contribution in [0.2, 0.25) is 0 Å². The molecule has 0 heterocycles. The monoisotopic (exact) mass is 326 g/mol. The average Bonchev–Trinajstić information content (AvgIpc) is 2.54. The number of allylic oxidation sites excluding steroid dienone is 2. The Morgan fingerprint density at radius 1 is 0.783 bits per heavy atom. The maximum atomic E-state index is 11.1. The van der Waals surface area contributed by atoms with Gasteiger partial charge in [-0.3, -0.25) is 4.79 Å². The van der Waals surface area contributed by atoms with Gasteiger partial charge in [0.2, 0.25) is 0 Å². The summed E-state index contributed by atoms with van der Waals surface area (Å²) >= 11 is 0. The van der Waals surface area contributed by atoms with Gasteiger partial charge in [0.25, 0.3) is 0 Å². The predicted octanol–water partition coefficient (Wildman–Crippen LogP) is 5.56. The number of rotatable bonds is 17. The van der Waals surface area contributed by atoms with Crippen LogP contribution in [-0.2, 0) is 9.53 Å². The Morgan fingerprint density at radius 3 is 1.78 bits per heavy atom. The summed E-state index contributed by atoms with van der Waals surface area (Å²) in [4.78, 5) is 11.1. The highest BCUT2D eigenvalue weighted by molar-refractivity contribution is 5.69. The van der Waals surface area contributed by atoms with Crippen molar-refractivity contribution in [3.05, 3.63) is 12.2 Å². The highest BCUT2D eigenvalue weighted by atomic mass is 16.5. The van der Waals surface area contributed by atoms with E-state index in [1.165, 1.54) is 64.2 Å². The van der Waals surface area contributed by atoms with E-state index in [2.05, 4.69) is 12.2 Å². The van der Waals surface area contributed by atoms with Crippen LogP contribution in [-0.4, -0.2) is 24.3 Å². The van der Waals surface area contributed by atoms with Gasteiger partial charge in [0.15, 0.2) is 0 Å². The first-order chi connectivity index (χ1) is 11.3. The van der Waals surface area contributed by atoms with E-state index in [-0.39, 0.29) is 5.97 Å². The van der Waals surface area contributed by atoms with Crippen molar-refractivity contribution in [3.8, 4) is 0 Å². The Hall–Kier alpha value is -0.830. The van der Waals surface area contributed by atoms with E-state index in [0.717, 1.165) is 19.3 Å². The molecule has 0 spiro atoms. The van der Waals surface area contributed by atoms with E-state index in [9.17, 15) is 4.79 Å². The molecular formula is C20H38O3. The summed E-state index contributed by atoms with van der Waals surface area (Å²) in [6.45, 7) is 2.69. The van der Waals surface area contributed by atoms with Crippen LogP contribution in [0.5, 0.6) is 0 Å². The quantitative estimate of drug-likeness (QED) is 0.216. The molecule has 23 heavy (non-hydrogen) atoms. The lowest BCUT2D eigenvalue weighted by atomic mass is 10.1. The third-order valence-corrected chi connectivity index (χ3v) is 4.00. The lowest BCUT2D eigenvalue weighted by molar-refractivity contribution is -0.143. The third-order valence-electron chi connectivity index (χ3n) is 4.00. The van der Waals surface area contributed by atoms with Crippen molar-refractivity contribution >= 4 is 5.97 Å². The summed E-state index contributed by atoms with van der Waals surface area (Å²) in [6, 6.07) is 0. The summed E-state index contributed by atoms with van der Waals surface area (Å²) in [5, 5.41) is 8.68. The Kier molecular flexibility index (Phi) is 18.5. The van der Waals surface area contributed by atoms with Gasteiger partial charge in [0, 0.05) is 13.0 Å². The lowest BCUT2D eigenvalue weighted by Crippen LogP contribution is -2.03. The number of aliphatic hydroxyl groups is 1. The zero-order valence-corrected chi connectivity index (χ0v) is 15.2. The Morgan fingerprint density at radius 2 is 1.26 bits per heavy atom. The maximum absolute atomic E-state index is 11.1. The van der Waals surface area contributed by atoms with Crippen molar-refractivity contribution in [2.75, 3.05) is 13.2 Å². The van der Waals surface area contributed by atoms with Gasteiger partial charge in [0.1, 0.15) is 0 Å². The number of hydrogen-bond acceptors (Lipinski definition) is 3. The molecule has 0 saturated carbocycles. The van der Waals surface area contributed by atoms with Crippen LogP contribution in [0.25, 0.3) is 0 Å². The molecule has 0 bridgehead atoms. The number of ether oxygens (including phenoxy) is 1. The summed E-state index contributed by atoms with van der Waals surface area (Å²) in [6.07, 6.45) is 20.8. The second kappa shape index (κ2) is 19.2. The van der Waals surface area contributed by atoms with Crippen molar-refractivity contribution in [2.24, 2.45) is 0 Å². The molecule has 0 aliphatic rings.